The molecule has 5 rings (SSSR count). The number of rotatable bonds is 3. The van der Waals surface area contributed by atoms with Crippen LogP contribution >= 0.6 is 0 Å². The second-order valence-corrected chi connectivity index (χ2v) is 18.7. The predicted octanol–water partition coefficient (Wildman–Crippen LogP) is 3.36. The molecule has 1 heterocycles. The summed E-state index contributed by atoms with van der Waals surface area (Å²) in [5, 5.41) is 0. The van der Waals surface area contributed by atoms with E-state index in [9.17, 15) is 0 Å². The van der Waals surface area contributed by atoms with Gasteiger partial charge < -0.3 is 12.4 Å². The molecule has 2 heteroatoms. The monoisotopic (exact) mass is 494 g/mol. The van der Waals surface area contributed by atoms with Crippen molar-refractivity contribution in [3.05, 3.63) is 46.6 Å². The van der Waals surface area contributed by atoms with Crippen LogP contribution in [0.4, 0.5) is 0 Å². The van der Waals surface area contributed by atoms with Gasteiger partial charge in [-0.25, -0.2) is 0 Å². The van der Waals surface area contributed by atoms with Gasteiger partial charge in [-0.3, -0.25) is 0 Å². The van der Waals surface area contributed by atoms with E-state index < -0.39 is 21.4 Å². The van der Waals surface area contributed by atoms with Crippen molar-refractivity contribution in [1.82, 2.24) is 0 Å². The van der Waals surface area contributed by atoms with Crippen molar-refractivity contribution in [3.63, 3.8) is 0 Å². The van der Waals surface area contributed by atoms with Crippen molar-refractivity contribution in [2.75, 3.05) is 0 Å². The Bertz CT molecular complexity index is 557. The first-order valence-electron chi connectivity index (χ1n) is 9.56. The first-order valence-corrected chi connectivity index (χ1v) is 16.7. The van der Waals surface area contributed by atoms with E-state index in [1.807, 2.05) is 11.1 Å². The summed E-state index contributed by atoms with van der Waals surface area (Å²) >= 11 is -1.22. The van der Waals surface area contributed by atoms with E-state index in [0.29, 0.717) is 0 Å². The molecular formula is C21H27ClHf. The van der Waals surface area contributed by atoms with Crippen molar-refractivity contribution >= 4 is 0 Å². The summed E-state index contributed by atoms with van der Waals surface area (Å²) in [6.07, 6.45) is 21.8. The van der Waals surface area contributed by atoms with Gasteiger partial charge in [0, 0.05) is 0 Å². The molecule has 1 aliphatic heterocycles. The molecule has 0 amide bonds. The molecule has 23 heavy (non-hydrogen) atoms. The van der Waals surface area contributed by atoms with Gasteiger partial charge in [-0.15, -0.1) is 0 Å². The minimum atomic E-state index is -1.22. The van der Waals surface area contributed by atoms with Gasteiger partial charge in [0.05, 0.1) is 0 Å². The number of hydrogen-bond acceptors (Lipinski definition) is 0. The van der Waals surface area contributed by atoms with Crippen LogP contribution in [0.1, 0.15) is 51.4 Å². The minimum Gasteiger partial charge on any atom is -1.00 e. The molecule has 2 atom stereocenters. The maximum atomic E-state index is 2.66. The van der Waals surface area contributed by atoms with Gasteiger partial charge in [0.15, 0.2) is 0 Å². The molecule has 1 fully saturated rings. The van der Waals surface area contributed by atoms with Gasteiger partial charge in [0.25, 0.3) is 0 Å². The first-order chi connectivity index (χ1) is 10.9. The van der Waals surface area contributed by atoms with E-state index in [1.54, 1.807) is 19.5 Å². The fraction of sp³-hybridized carbons (Fsp3) is 0.619. The molecule has 2 unspecified atom stereocenters. The van der Waals surface area contributed by atoms with E-state index in [-0.39, 0.29) is 12.4 Å². The van der Waals surface area contributed by atoms with Gasteiger partial charge in [-0.05, 0) is 0 Å². The molecule has 0 radical (unpaired) electrons. The zero-order valence-corrected chi connectivity index (χ0v) is 18.3. The van der Waals surface area contributed by atoms with Crippen molar-refractivity contribution in [1.29, 1.82) is 0 Å². The maximum Gasteiger partial charge on any atom is -1.00 e. The second-order valence-electron chi connectivity index (χ2n) is 7.97. The van der Waals surface area contributed by atoms with E-state index in [1.165, 1.54) is 51.4 Å². The van der Waals surface area contributed by atoms with Gasteiger partial charge in [0.1, 0.15) is 0 Å². The number of halogens is 1. The SMILES string of the molecule is C1=CC([CH](C2C=CC3=C2CCCC3)[Hf+]2[CH2][CH2]2)C2=C1CCCC2.[Cl-]. The predicted molar refractivity (Wildman–Crippen MR) is 89.6 cm³/mol. The van der Waals surface area contributed by atoms with Crippen molar-refractivity contribution in [2.24, 2.45) is 11.8 Å². The Kier molecular flexibility index (Phi) is 4.90. The van der Waals surface area contributed by atoms with Crippen molar-refractivity contribution < 1.29 is 33.8 Å². The zero-order valence-electron chi connectivity index (χ0n) is 14.0. The third-order valence-electron chi connectivity index (χ3n) is 6.71. The summed E-state index contributed by atoms with van der Waals surface area (Å²) in [7, 11) is 0. The third kappa shape index (κ3) is 2.95. The van der Waals surface area contributed by atoms with E-state index in [0.717, 1.165) is 15.5 Å². The Morgan fingerprint density at radius 2 is 1.22 bits per heavy atom. The number of hydrogen-bond donors (Lipinski definition) is 0. The molecule has 0 N–H and O–H groups in total. The van der Waals surface area contributed by atoms with Crippen LogP contribution in [0.3, 0.4) is 0 Å². The standard InChI is InChI=1S/C19H23.C2H4.ClH.Hf/c1-3-7-18-14(5-1)9-11-16(18)13-17-12-10-15-6-2-4-8-19(15)17;1-2;;/h9-13,16-17H,1-8H2;1-2H2;1H;/q;;;+1/p-1. The Hall–Kier alpha value is 0.120. The molecule has 1 saturated heterocycles. The van der Waals surface area contributed by atoms with Gasteiger partial charge in [-0.1, -0.05) is 0 Å². The summed E-state index contributed by atoms with van der Waals surface area (Å²) in [5.74, 6) is 1.76. The van der Waals surface area contributed by atoms with Gasteiger partial charge in [-0.2, -0.15) is 0 Å². The van der Waals surface area contributed by atoms with Crippen LogP contribution < -0.4 is 12.4 Å². The average Bonchev–Trinajstić information content (AvgIpc) is 3.17. The van der Waals surface area contributed by atoms with Crippen LogP contribution in [0.25, 0.3) is 0 Å². The molecule has 0 spiro atoms. The Labute approximate surface area is 155 Å². The topological polar surface area (TPSA) is 0 Å². The van der Waals surface area contributed by atoms with Crippen molar-refractivity contribution in [2.45, 2.75) is 63.4 Å². The summed E-state index contributed by atoms with van der Waals surface area (Å²) in [6.45, 7) is 0. The molecule has 0 aromatic rings. The quantitative estimate of drug-likeness (QED) is 0.530. The molecule has 0 aromatic carbocycles. The Balaban J connectivity index is 0.00000135. The first kappa shape index (κ1) is 16.6. The molecule has 122 valence electrons. The summed E-state index contributed by atoms with van der Waals surface area (Å²) < 4.78 is 4.51. The molecule has 0 saturated carbocycles. The third-order valence-corrected chi connectivity index (χ3v) is 16.5. The van der Waals surface area contributed by atoms with Crippen LogP contribution in [-0.2, 0) is 21.4 Å². The van der Waals surface area contributed by atoms with Gasteiger partial charge in [0.2, 0.25) is 0 Å². The zero-order chi connectivity index (χ0) is 14.5. The Morgan fingerprint density at radius 1 is 0.739 bits per heavy atom. The smallest absolute Gasteiger partial charge is 1.00 e. The Morgan fingerprint density at radius 3 is 1.70 bits per heavy atom. The second kappa shape index (κ2) is 6.79. The minimum absolute atomic E-state index is 0. The fourth-order valence-corrected chi connectivity index (χ4v) is 18.6. The van der Waals surface area contributed by atoms with Crippen LogP contribution in [0.2, 0.25) is 12.0 Å². The van der Waals surface area contributed by atoms with E-state index in [4.69, 9.17) is 0 Å². The van der Waals surface area contributed by atoms with Gasteiger partial charge >= 0.3 is 143 Å². The normalized spacial score (nSPS) is 32.8. The van der Waals surface area contributed by atoms with Crippen LogP contribution in [0, 0.1) is 11.8 Å². The largest absolute Gasteiger partial charge is 1.00 e. The average molecular weight is 493 g/mol. The number of allylic oxidation sites excluding steroid dienone is 8. The van der Waals surface area contributed by atoms with E-state index in [2.05, 4.69) is 24.3 Å². The molecule has 0 aromatic heterocycles. The molecule has 5 aliphatic rings. The van der Waals surface area contributed by atoms with Crippen LogP contribution in [0.15, 0.2) is 46.6 Å². The van der Waals surface area contributed by atoms with E-state index >= 15 is 0 Å². The van der Waals surface area contributed by atoms with Crippen LogP contribution in [-0.4, -0.2) is 0 Å². The molecule has 0 bridgehead atoms. The molecule has 4 aliphatic carbocycles. The molecule has 0 nitrogen and oxygen atoms in total. The summed E-state index contributed by atoms with van der Waals surface area (Å²) in [6, 6.07) is 0. The van der Waals surface area contributed by atoms with Crippen molar-refractivity contribution in [3.8, 4) is 0 Å². The fourth-order valence-electron chi connectivity index (χ4n) is 5.53. The summed E-state index contributed by atoms with van der Waals surface area (Å²) in [5.41, 5.74) is 7.32. The van der Waals surface area contributed by atoms with Crippen LogP contribution in [0.5, 0.6) is 0 Å². The maximum absolute atomic E-state index is 2.66. The molecular weight excluding hydrogens is 466 g/mol. The summed E-state index contributed by atoms with van der Waals surface area (Å²) in [4.78, 5) is 0.